The Kier molecular flexibility index (Phi) is 4.65. The Hall–Kier alpha value is -3.29. The summed E-state index contributed by atoms with van der Waals surface area (Å²) in [5.74, 6) is -0.433. The number of para-hydroxylation sites is 1. The zero-order valence-corrected chi connectivity index (χ0v) is 14.4. The van der Waals surface area contributed by atoms with E-state index in [2.05, 4.69) is 14.7 Å². The largest absolute Gasteiger partial charge is 0.573 e. The van der Waals surface area contributed by atoms with Gasteiger partial charge >= 0.3 is 6.36 Å². The number of aromatic amines is 2. The molecule has 0 spiro atoms. The van der Waals surface area contributed by atoms with Crippen LogP contribution in [0.5, 0.6) is 5.75 Å². The summed E-state index contributed by atoms with van der Waals surface area (Å²) in [5, 5.41) is 0. The number of alkyl halides is 3. The molecule has 27 heavy (non-hydrogen) atoms. The lowest BCUT2D eigenvalue weighted by Crippen LogP contribution is -2.18. The number of pyridine rings is 2. The Morgan fingerprint density at radius 3 is 2.30 bits per heavy atom. The lowest BCUT2D eigenvalue weighted by Gasteiger charge is -2.13. The standard InChI is InChI=1S/C19H15F3N2O3/c1-10-7-16(26)18(11(2)24-10)13-9-23-14(8-15(13)25)12-5-3-4-6-17(12)27-19(20,21)22/h3-9H,1-2H3,(H,23,25)(H,24,26). The van der Waals surface area contributed by atoms with E-state index in [1.807, 2.05) is 0 Å². The second-order valence-corrected chi connectivity index (χ2v) is 5.99. The highest BCUT2D eigenvalue weighted by atomic mass is 19.4. The molecule has 2 heterocycles. The second kappa shape index (κ2) is 6.79. The van der Waals surface area contributed by atoms with Crippen LogP contribution in [0.1, 0.15) is 11.4 Å². The average Bonchev–Trinajstić information content (AvgIpc) is 2.54. The monoisotopic (exact) mass is 376 g/mol. The van der Waals surface area contributed by atoms with E-state index in [4.69, 9.17) is 0 Å². The number of halogens is 3. The summed E-state index contributed by atoms with van der Waals surface area (Å²) in [6.45, 7) is 3.40. The molecule has 0 atom stereocenters. The number of hydrogen-bond donors (Lipinski definition) is 2. The van der Waals surface area contributed by atoms with Gasteiger partial charge in [-0.15, -0.1) is 13.2 Å². The fourth-order valence-corrected chi connectivity index (χ4v) is 2.91. The van der Waals surface area contributed by atoms with E-state index < -0.39 is 17.5 Å². The zero-order chi connectivity index (χ0) is 19.8. The van der Waals surface area contributed by atoms with Gasteiger partial charge in [-0.2, -0.15) is 0 Å². The van der Waals surface area contributed by atoms with Crippen molar-refractivity contribution in [2.24, 2.45) is 0 Å². The number of ether oxygens (including phenoxy) is 1. The van der Waals surface area contributed by atoms with Gasteiger partial charge in [-0.05, 0) is 26.0 Å². The second-order valence-electron chi connectivity index (χ2n) is 5.99. The molecule has 0 bridgehead atoms. The molecule has 0 unspecified atom stereocenters. The van der Waals surface area contributed by atoms with E-state index in [1.54, 1.807) is 13.8 Å². The highest BCUT2D eigenvalue weighted by Crippen LogP contribution is 2.32. The summed E-state index contributed by atoms with van der Waals surface area (Å²) in [4.78, 5) is 30.6. The highest BCUT2D eigenvalue weighted by molar-refractivity contribution is 5.71. The average molecular weight is 376 g/mol. The fourth-order valence-electron chi connectivity index (χ4n) is 2.91. The lowest BCUT2D eigenvalue weighted by atomic mass is 10.0. The maximum atomic E-state index is 12.6. The molecular weight excluding hydrogens is 361 g/mol. The van der Waals surface area contributed by atoms with Crippen molar-refractivity contribution in [3.8, 4) is 28.1 Å². The first-order chi connectivity index (χ1) is 12.7. The van der Waals surface area contributed by atoms with Crippen molar-refractivity contribution in [2.75, 3.05) is 0 Å². The molecule has 140 valence electrons. The van der Waals surface area contributed by atoms with Crippen LogP contribution in [0.4, 0.5) is 13.2 Å². The third-order valence-corrected chi connectivity index (χ3v) is 3.94. The van der Waals surface area contributed by atoms with Crippen LogP contribution in [-0.2, 0) is 0 Å². The molecule has 0 aliphatic heterocycles. The summed E-state index contributed by atoms with van der Waals surface area (Å²) >= 11 is 0. The number of hydrogen-bond acceptors (Lipinski definition) is 3. The SMILES string of the molecule is Cc1cc(=O)c(-c2c[nH]c(-c3ccccc3OC(F)(F)F)cc2=O)c(C)[nH]1. The molecule has 0 fully saturated rings. The van der Waals surface area contributed by atoms with Gasteiger partial charge in [-0.25, -0.2) is 0 Å². The molecule has 8 heteroatoms. The van der Waals surface area contributed by atoms with E-state index in [0.29, 0.717) is 11.4 Å². The normalized spacial score (nSPS) is 11.4. The van der Waals surface area contributed by atoms with Crippen LogP contribution in [0.2, 0.25) is 0 Å². The topological polar surface area (TPSA) is 75.0 Å². The molecule has 0 saturated carbocycles. The minimum absolute atomic E-state index is 0.0769. The molecule has 0 amide bonds. The van der Waals surface area contributed by atoms with Gasteiger partial charge in [0, 0.05) is 35.3 Å². The van der Waals surface area contributed by atoms with Gasteiger partial charge in [-0.3, -0.25) is 9.59 Å². The molecule has 0 radical (unpaired) electrons. The van der Waals surface area contributed by atoms with E-state index in [-0.39, 0.29) is 27.8 Å². The maximum Gasteiger partial charge on any atom is 0.573 e. The van der Waals surface area contributed by atoms with Crippen LogP contribution in [0.15, 0.2) is 52.2 Å². The quantitative estimate of drug-likeness (QED) is 0.728. The van der Waals surface area contributed by atoms with Crippen LogP contribution in [0, 0.1) is 13.8 Å². The molecule has 0 aliphatic rings. The molecular formula is C19H15F3N2O3. The summed E-state index contributed by atoms with van der Waals surface area (Å²) in [6, 6.07) is 8.00. The number of aryl methyl sites for hydroxylation is 2. The number of nitrogens with one attached hydrogen (secondary N) is 2. The van der Waals surface area contributed by atoms with E-state index in [0.717, 1.165) is 12.1 Å². The molecule has 2 aromatic heterocycles. The van der Waals surface area contributed by atoms with Gasteiger partial charge in [0.2, 0.25) is 0 Å². The fraction of sp³-hybridized carbons (Fsp3) is 0.158. The number of H-pyrrole nitrogens is 2. The lowest BCUT2D eigenvalue weighted by molar-refractivity contribution is -0.274. The predicted molar refractivity (Wildman–Crippen MR) is 94.7 cm³/mol. The highest BCUT2D eigenvalue weighted by Gasteiger charge is 2.32. The van der Waals surface area contributed by atoms with Crippen LogP contribution in [-0.4, -0.2) is 16.3 Å². The van der Waals surface area contributed by atoms with Crippen LogP contribution < -0.4 is 15.6 Å². The van der Waals surface area contributed by atoms with Gasteiger partial charge in [0.15, 0.2) is 10.9 Å². The molecule has 0 saturated heterocycles. The van der Waals surface area contributed by atoms with E-state index in [1.165, 1.54) is 30.5 Å². The summed E-state index contributed by atoms with van der Waals surface area (Å²) in [7, 11) is 0. The Balaban J connectivity index is 2.11. The first-order valence-corrected chi connectivity index (χ1v) is 7.94. The van der Waals surface area contributed by atoms with Gasteiger partial charge in [0.25, 0.3) is 0 Å². The minimum atomic E-state index is -4.86. The minimum Gasteiger partial charge on any atom is -0.405 e. The van der Waals surface area contributed by atoms with Gasteiger partial charge in [0.05, 0.1) is 16.8 Å². The van der Waals surface area contributed by atoms with Crippen LogP contribution in [0.25, 0.3) is 22.4 Å². The number of aromatic nitrogens is 2. The van der Waals surface area contributed by atoms with Crippen molar-refractivity contribution in [3.63, 3.8) is 0 Å². The molecule has 1 aromatic carbocycles. The smallest absolute Gasteiger partial charge is 0.405 e. The van der Waals surface area contributed by atoms with Crippen molar-refractivity contribution in [3.05, 3.63) is 74.4 Å². The van der Waals surface area contributed by atoms with Crippen LogP contribution >= 0.6 is 0 Å². The third kappa shape index (κ3) is 3.94. The number of rotatable bonds is 3. The summed E-state index contributed by atoms with van der Waals surface area (Å²) in [6.07, 6.45) is -3.54. The van der Waals surface area contributed by atoms with Crippen molar-refractivity contribution in [1.29, 1.82) is 0 Å². The Morgan fingerprint density at radius 2 is 1.67 bits per heavy atom. The number of benzene rings is 1. The van der Waals surface area contributed by atoms with Crippen molar-refractivity contribution in [2.45, 2.75) is 20.2 Å². The van der Waals surface area contributed by atoms with Gasteiger partial charge < -0.3 is 14.7 Å². The van der Waals surface area contributed by atoms with Gasteiger partial charge in [0.1, 0.15) is 5.75 Å². The van der Waals surface area contributed by atoms with Crippen molar-refractivity contribution < 1.29 is 17.9 Å². The molecule has 3 rings (SSSR count). The predicted octanol–water partition coefficient (Wildman–Crippen LogP) is 3.91. The zero-order valence-electron chi connectivity index (χ0n) is 14.4. The van der Waals surface area contributed by atoms with E-state index in [9.17, 15) is 22.8 Å². The first-order valence-electron chi connectivity index (χ1n) is 7.94. The Bertz CT molecular complexity index is 1110. The third-order valence-electron chi connectivity index (χ3n) is 3.94. The Morgan fingerprint density at radius 1 is 0.963 bits per heavy atom. The van der Waals surface area contributed by atoms with E-state index >= 15 is 0 Å². The van der Waals surface area contributed by atoms with Crippen molar-refractivity contribution >= 4 is 0 Å². The Labute approximate surface area is 151 Å². The molecule has 3 aromatic rings. The molecule has 5 nitrogen and oxygen atoms in total. The maximum absolute atomic E-state index is 12.6. The van der Waals surface area contributed by atoms with Crippen molar-refractivity contribution in [1.82, 2.24) is 9.97 Å². The molecule has 2 N–H and O–H groups in total. The summed E-state index contributed by atoms with van der Waals surface area (Å²) in [5.41, 5.74) is 0.940. The molecule has 0 aliphatic carbocycles. The first kappa shape index (κ1) is 18.5. The van der Waals surface area contributed by atoms with Gasteiger partial charge in [-0.1, -0.05) is 12.1 Å². The summed E-state index contributed by atoms with van der Waals surface area (Å²) < 4.78 is 41.8. The van der Waals surface area contributed by atoms with Crippen LogP contribution in [0.3, 0.4) is 0 Å².